The van der Waals surface area contributed by atoms with Crippen LogP contribution in [0.15, 0.2) is 18.2 Å². The molecule has 0 spiro atoms. The summed E-state index contributed by atoms with van der Waals surface area (Å²) in [6, 6.07) is 3.75. The molecule has 0 saturated carbocycles. The maximum absolute atomic E-state index is 13.0. The third-order valence-electron chi connectivity index (χ3n) is 2.36. The largest absolute Gasteiger partial charge is 0.398 e. The summed E-state index contributed by atoms with van der Waals surface area (Å²) in [6.45, 7) is 3.85. The number of nitrogens with one attached hydrogen (secondary N) is 1. The summed E-state index contributed by atoms with van der Waals surface area (Å²) in [6.07, 6.45) is 1.70. The van der Waals surface area contributed by atoms with E-state index in [1.807, 2.05) is 6.92 Å². The molecule has 18 heavy (non-hydrogen) atoms. The van der Waals surface area contributed by atoms with Crippen molar-refractivity contribution in [2.75, 3.05) is 25.5 Å². The van der Waals surface area contributed by atoms with Crippen molar-refractivity contribution in [3.8, 4) is 0 Å². The van der Waals surface area contributed by atoms with Crippen molar-refractivity contribution in [1.29, 1.82) is 0 Å². The van der Waals surface area contributed by atoms with Crippen molar-refractivity contribution in [1.82, 2.24) is 5.32 Å². The van der Waals surface area contributed by atoms with Gasteiger partial charge in [0.1, 0.15) is 5.82 Å². The van der Waals surface area contributed by atoms with Gasteiger partial charge in [-0.1, -0.05) is 6.92 Å². The molecule has 3 N–H and O–H groups in total. The summed E-state index contributed by atoms with van der Waals surface area (Å²) < 4.78 is 18.3. The van der Waals surface area contributed by atoms with Gasteiger partial charge in [-0.05, 0) is 31.0 Å². The molecule has 1 amide bonds. The Labute approximate surface area is 106 Å². The van der Waals surface area contributed by atoms with Crippen LogP contribution in [0.25, 0.3) is 0 Å². The normalized spacial score (nSPS) is 10.3. The smallest absolute Gasteiger partial charge is 0.253 e. The molecular weight excluding hydrogens is 235 g/mol. The van der Waals surface area contributed by atoms with Crippen molar-refractivity contribution in [3.63, 3.8) is 0 Å². The molecule has 0 aliphatic carbocycles. The SMILES string of the molecule is CCCOCCCNC(=O)c1cc(F)ccc1N. The molecule has 0 bridgehead atoms. The number of carbonyl (C=O) groups is 1. The minimum Gasteiger partial charge on any atom is -0.398 e. The second-order valence-corrected chi connectivity index (χ2v) is 3.95. The number of benzene rings is 1. The molecule has 0 aromatic heterocycles. The highest BCUT2D eigenvalue weighted by Crippen LogP contribution is 2.12. The molecule has 0 heterocycles. The van der Waals surface area contributed by atoms with Crippen molar-refractivity contribution < 1.29 is 13.9 Å². The molecule has 0 atom stereocenters. The van der Waals surface area contributed by atoms with E-state index >= 15 is 0 Å². The molecule has 4 nitrogen and oxygen atoms in total. The molecule has 1 aromatic carbocycles. The van der Waals surface area contributed by atoms with Crippen LogP contribution in [0.1, 0.15) is 30.1 Å². The lowest BCUT2D eigenvalue weighted by Gasteiger charge is -2.07. The number of ether oxygens (including phenoxy) is 1. The lowest BCUT2D eigenvalue weighted by atomic mass is 10.1. The molecule has 0 saturated heterocycles. The predicted octanol–water partition coefficient (Wildman–Crippen LogP) is 1.95. The fraction of sp³-hybridized carbons (Fsp3) is 0.462. The van der Waals surface area contributed by atoms with E-state index in [4.69, 9.17) is 10.5 Å². The minimum absolute atomic E-state index is 0.171. The molecule has 100 valence electrons. The van der Waals surface area contributed by atoms with Crippen LogP contribution >= 0.6 is 0 Å². The maximum atomic E-state index is 13.0. The molecule has 5 heteroatoms. The van der Waals surface area contributed by atoms with Gasteiger partial charge >= 0.3 is 0 Å². The van der Waals surface area contributed by atoms with Crippen LogP contribution in [0.2, 0.25) is 0 Å². The van der Waals surface area contributed by atoms with Gasteiger partial charge in [0.25, 0.3) is 5.91 Å². The monoisotopic (exact) mass is 254 g/mol. The number of nitrogen functional groups attached to an aromatic ring is 1. The van der Waals surface area contributed by atoms with Crippen LogP contribution < -0.4 is 11.1 Å². The van der Waals surface area contributed by atoms with Gasteiger partial charge in [-0.25, -0.2) is 4.39 Å². The molecule has 0 aliphatic heterocycles. The van der Waals surface area contributed by atoms with Crippen LogP contribution in [0, 0.1) is 5.82 Å². The summed E-state index contributed by atoms with van der Waals surface area (Å²) >= 11 is 0. The van der Waals surface area contributed by atoms with Crippen LogP contribution in [-0.4, -0.2) is 25.7 Å². The number of rotatable bonds is 7. The summed E-state index contributed by atoms with van der Waals surface area (Å²) in [5.41, 5.74) is 6.05. The van der Waals surface area contributed by atoms with E-state index in [1.165, 1.54) is 12.1 Å². The number of carbonyl (C=O) groups excluding carboxylic acids is 1. The van der Waals surface area contributed by atoms with Crippen LogP contribution in [0.5, 0.6) is 0 Å². The number of amides is 1. The Kier molecular flexibility index (Phi) is 6.14. The summed E-state index contributed by atoms with van der Waals surface area (Å²) in [5, 5.41) is 2.68. The van der Waals surface area contributed by atoms with Gasteiger partial charge in [0.15, 0.2) is 0 Å². The van der Waals surface area contributed by atoms with Gasteiger partial charge in [0.05, 0.1) is 5.56 Å². The van der Waals surface area contributed by atoms with E-state index in [2.05, 4.69) is 5.32 Å². The molecule has 0 aliphatic rings. The Morgan fingerprint density at radius 3 is 2.94 bits per heavy atom. The fourth-order valence-corrected chi connectivity index (χ4v) is 1.44. The van der Waals surface area contributed by atoms with Crippen LogP contribution in [0.4, 0.5) is 10.1 Å². The average Bonchev–Trinajstić information content (AvgIpc) is 2.36. The second kappa shape index (κ2) is 7.66. The number of nitrogens with two attached hydrogens (primary N) is 1. The quantitative estimate of drug-likeness (QED) is 0.577. The first-order chi connectivity index (χ1) is 8.65. The van der Waals surface area contributed by atoms with E-state index in [9.17, 15) is 9.18 Å². The minimum atomic E-state index is -0.472. The summed E-state index contributed by atoms with van der Waals surface area (Å²) in [4.78, 5) is 11.7. The Balaban J connectivity index is 2.34. The van der Waals surface area contributed by atoms with Gasteiger partial charge in [-0.3, -0.25) is 4.79 Å². The second-order valence-electron chi connectivity index (χ2n) is 3.95. The number of hydrogen-bond donors (Lipinski definition) is 2. The standard InChI is InChI=1S/C13H19FN2O2/c1-2-7-18-8-3-6-16-13(17)11-9-10(14)4-5-12(11)15/h4-5,9H,2-3,6-8,15H2,1H3,(H,16,17). The van der Waals surface area contributed by atoms with Gasteiger partial charge < -0.3 is 15.8 Å². The molecule has 0 fully saturated rings. The third kappa shape index (κ3) is 4.71. The first kappa shape index (κ1) is 14.4. The van der Waals surface area contributed by atoms with Crippen LogP contribution in [0.3, 0.4) is 0 Å². The molecule has 1 rings (SSSR count). The van der Waals surface area contributed by atoms with Crippen molar-refractivity contribution >= 4 is 11.6 Å². The van der Waals surface area contributed by atoms with E-state index < -0.39 is 5.82 Å². The Hall–Kier alpha value is -1.62. The van der Waals surface area contributed by atoms with E-state index in [0.717, 1.165) is 25.5 Å². The molecule has 0 unspecified atom stereocenters. The highest BCUT2D eigenvalue weighted by Gasteiger charge is 2.09. The Morgan fingerprint density at radius 1 is 1.44 bits per heavy atom. The zero-order chi connectivity index (χ0) is 13.4. The van der Waals surface area contributed by atoms with Gasteiger partial charge in [0.2, 0.25) is 0 Å². The first-order valence-electron chi connectivity index (χ1n) is 6.06. The Morgan fingerprint density at radius 2 is 2.22 bits per heavy atom. The summed E-state index contributed by atoms with van der Waals surface area (Å²) in [5.74, 6) is -0.830. The topological polar surface area (TPSA) is 64.3 Å². The van der Waals surface area contributed by atoms with Crippen LogP contribution in [-0.2, 0) is 4.74 Å². The third-order valence-corrected chi connectivity index (χ3v) is 2.36. The number of halogens is 1. The van der Waals surface area contributed by atoms with Gasteiger partial charge in [-0.2, -0.15) is 0 Å². The van der Waals surface area contributed by atoms with Crippen molar-refractivity contribution in [3.05, 3.63) is 29.6 Å². The maximum Gasteiger partial charge on any atom is 0.253 e. The zero-order valence-corrected chi connectivity index (χ0v) is 10.5. The lowest BCUT2D eigenvalue weighted by Crippen LogP contribution is -2.26. The van der Waals surface area contributed by atoms with Gasteiger partial charge in [-0.15, -0.1) is 0 Å². The predicted molar refractivity (Wildman–Crippen MR) is 68.9 cm³/mol. The molecular formula is C13H19FN2O2. The van der Waals surface area contributed by atoms with Crippen molar-refractivity contribution in [2.24, 2.45) is 0 Å². The van der Waals surface area contributed by atoms with E-state index in [1.54, 1.807) is 0 Å². The molecule has 0 radical (unpaired) electrons. The van der Waals surface area contributed by atoms with E-state index in [-0.39, 0.29) is 17.2 Å². The van der Waals surface area contributed by atoms with Crippen molar-refractivity contribution in [2.45, 2.75) is 19.8 Å². The Bertz CT molecular complexity index is 397. The van der Waals surface area contributed by atoms with Gasteiger partial charge in [0, 0.05) is 25.4 Å². The average molecular weight is 254 g/mol. The lowest BCUT2D eigenvalue weighted by molar-refractivity contribution is 0.0942. The fourth-order valence-electron chi connectivity index (χ4n) is 1.44. The number of hydrogen-bond acceptors (Lipinski definition) is 3. The highest BCUT2D eigenvalue weighted by atomic mass is 19.1. The summed E-state index contributed by atoms with van der Waals surface area (Å²) in [7, 11) is 0. The zero-order valence-electron chi connectivity index (χ0n) is 10.5. The highest BCUT2D eigenvalue weighted by molar-refractivity contribution is 5.99. The first-order valence-corrected chi connectivity index (χ1v) is 6.06. The molecule has 1 aromatic rings. The van der Waals surface area contributed by atoms with E-state index in [0.29, 0.717) is 13.2 Å². The number of anilines is 1.